The molecule has 0 aliphatic heterocycles. The van der Waals surface area contributed by atoms with Crippen LogP contribution in [-0.4, -0.2) is 21.6 Å². The normalized spacial score (nSPS) is 12.2. The van der Waals surface area contributed by atoms with Crippen molar-refractivity contribution in [2.75, 3.05) is 6.54 Å². The van der Waals surface area contributed by atoms with Crippen LogP contribution in [0.3, 0.4) is 0 Å². The van der Waals surface area contributed by atoms with Gasteiger partial charge in [0, 0.05) is 32.1 Å². The van der Waals surface area contributed by atoms with Gasteiger partial charge in [-0.15, -0.1) is 0 Å². The molecule has 3 rings (SSSR count). The largest absolute Gasteiger partial charge is 0.354 e. The Hall–Kier alpha value is -2.86. The monoisotopic (exact) mass is 366 g/mol. The van der Waals surface area contributed by atoms with Crippen LogP contribution in [0.25, 0.3) is 11.0 Å². The molecule has 0 bridgehead atoms. The lowest BCUT2D eigenvalue weighted by atomic mass is 10.1. The molecule has 6 nitrogen and oxygen atoms in total. The Labute approximate surface area is 158 Å². The molecule has 0 aliphatic carbocycles. The molecule has 0 aliphatic rings. The minimum Gasteiger partial charge on any atom is -0.354 e. The fourth-order valence-electron chi connectivity index (χ4n) is 3.27. The van der Waals surface area contributed by atoms with Crippen LogP contribution in [-0.2, 0) is 17.9 Å². The Bertz CT molecular complexity index is 959. The van der Waals surface area contributed by atoms with E-state index in [1.54, 1.807) is 9.13 Å². The average Bonchev–Trinajstić information content (AvgIpc) is 2.97. The molecule has 3 aromatic rings. The number of nitrogens with zero attached hydrogens (tertiary/aromatic N) is 2. The van der Waals surface area contributed by atoms with Crippen molar-refractivity contribution in [1.82, 2.24) is 14.5 Å². The SMILES string of the molecule is CCCn1c(=O)n(CCC(=O)NCC(N)c2ccccc2)c2ccccc21. The van der Waals surface area contributed by atoms with E-state index in [0.717, 1.165) is 23.0 Å². The van der Waals surface area contributed by atoms with Crippen molar-refractivity contribution in [2.45, 2.75) is 38.9 Å². The maximum Gasteiger partial charge on any atom is 0.329 e. The molecule has 142 valence electrons. The predicted molar refractivity (Wildman–Crippen MR) is 107 cm³/mol. The molecule has 1 heterocycles. The summed E-state index contributed by atoms with van der Waals surface area (Å²) < 4.78 is 3.46. The van der Waals surface area contributed by atoms with Gasteiger partial charge in [-0.25, -0.2) is 4.79 Å². The van der Waals surface area contributed by atoms with E-state index < -0.39 is 0 Å². The van der Waals surface area contributed by atoms with Crippen molar-refractivity contribution in [3.8, 4) is 0 Å². The van der Waals surface area contributed by atoms with Crippen molar-refractivity contribution in [1.29, 1.82) is 0 Å². The first-order valence-electron chi connectivity index (χ1n) is 9.37. The van der Waals surface area contributed by atoms with Crippen LogP contribution < -0.4 is 16.7 Å². The highest BCUT2D eigenvalue weighted by Crippen LogP contribution is 2.13. The average molecular weight is 366 g/mol. The standard InChI is InChI=1S/C21H26N4O2/c1-2-13-24-18-10-6-7-11-19(18)25(21(24)27)14-12-20(26)23-15-17(22)16-8-4-3-5-9-16/h3-11,17H,2,12-15,22H2,1H3,(H,23,26). The molecule has 0 saturated heterocycles. The summed E-state index contributed by atoms with van der Waals surface area (Å²) in [6.07, 6.45) is 1.12. The van der Waals surface area contributed by atoms with E-state index in [0.29, 0.717) is 19.6 Å². The number of benzene rings is 2. The van der Waals surface area contributed by atoms with Gasteiger partial charge in [0.05, 0.1) is 11.0 Å². The Balaban J connectivity index is 1.64. The minimum absolute atomic E-state index is 0.0631. The first kappa shape index (κ1) is 18.9. The number of hydrogen-bond donors (Lipinski definition) is 2. The number of nitrogens with two attached hydrogens (primary N) is 1. The van der Waals surface area contributed by atoms with Gasteiger partial charge in [-0.2, -0.15) is 0 Å². The van der Waals surface area contributed by atoms with Gasteiger partial charge in [0.25, 0.3) is 0 Å². The van der Waals surface area contributed by atoms with Crippen molar-refractivity contribution in [3.05, 3.63) is 70.6 Å². The van der Waals surface area contributed by atoms with Gasteiger partial charge in [0.1, 0.15) is 0 Å². The lowest BCUT2D eigenvalue weighted by Crippen LogP contribution is -2.33. The summed E-state index contributed by atoms with van der Waals surface area (Å²) >= 11 is 0. The number of carbonyl (C=O) groups is 1. The van der Waals surface area contributed by atoms with Crippen molar-refractivity contribution < 1.29 is 4.79 Å². The molecular weight excluding hydrogens is 340 g/mol. The number of nitrogens with one attached hydrogen (secondary N) is 1. The number of aromatic nitrogens is 2. The highest BCUT2D eigenvalue weighted by Gasteiger charge is 2.14. The maximum atomic E-state index is 12.7. The fourth-order valence-corrected chi connectivity index (χ4v) is 3.27. The third-order valence-corrected chi connectivity index (χ3v) is 4.68. The van der Waals surface area contributed by atoms with Crippen molar-refractivity contribution in [2.24, 2.45) is 5.73 Å². The van der Waals surface area contributed by atoms with E-state index >= 15 is 0 Å². The third-order valence-electron chi connectivity index (χ3n) is 4.68. The predicted octanol–water partition coefficient (Wildman–Crippen LogP) is 2.42. The van der Waals surface area contributed by atoms with Gasteiger partial charge in [-0.3, -0.25) is 13.9 Å². The maximum absolute atomic E-state index is 12.7. The Morgan fingerprint density at radius 1 is 1.00 bits per heavy atom. The molecule has 0 fully saturated rings. The Morgan fingerprint density at radius 2 is 1.59 bits per heavy atom. The second-order valence-electron chi connectivity index (χ2n) is 6.65. The summed E-state index contributed by atoms with van der Waals surface area (Å²) in [5, 5.41) is 2.86. The van der Waals surface area contributed by atoms with Crippen molar-refractivity contribution >= 4 is 16.9 Å². The summed E-state index contributed by atoms with van der Waals surface area (Å²) in [6, 6.07) is 17.1. The number of imidazole rings is 1. The molecule has 0 spiro atoms. The second kappa shape index (κ2) is 8.68. The molecular formula is C21H26N4O2. The van der Waals surface area contributed by atoms with Gasteiger partial charge in [-0.05, 0) is 24.1 Å². The number of para-hydroxylation sites is 2. The topological polar surface area (TPSA) is 82.0 Å². The zero-order chi connectivity index (χ0) is 19.2. The number of rotatable bonds is 8. The van der Waals surface area contributed by atoms with Crippen molar-refractivity contribution in [3.63, 3.8) is 0 Å². The zero-order valence-corrected chi connectivity index (χ0v) is 15.6. The lowest BCUT2D eigenvalue weighted by molar-refractivity contribution is -0.121. The van der Waals surface area contributed by atoms with E-state index in [1.807, 2.05) is 61.5 Å². The fraction of sp³-hybridized carbons (Fsp3) is 0.333. The molecule has 1 unspecified atom stereocenters. The van der Waals surface area contributed by atoms with E-state index in [-0.39, 0.29) is 24.1 Å². The van der Waals surface area contributed by atoms with Gasteiger partial charge in [0.2, 0.25) is 5.91 Å². The van der Waals surface area contributed by atoms with E-state index in [2.05, 4.69) is 5.32 Å². The van der Waals surface area contributed by atoms with E-state index in [4.69, 9.17) is 5.73 Å². The molecule has 3 N–H and O–H groups in total. The molecule has 1 amide bonds. The Morgan fingerprint density at radius 3 is 2.22 bits per heavy atom. The summed E-state index contributed by atoms with van der Waals surface area (Å²) in [5.41, 5.74) is 8.81. The van der Waals surface area contributed by atoms with Gasteiger partial charge < -0.3 is 11.1 Å². The summed E-state index contributed by atoms with van der Waals surface area (Å²) in [5.74, 6) is -0.111. The van der Waals surface area contributed by atoms with Crippen LogP contribution in [0.15, 0.2) is 59.4 Å². The number of aryl methyl sites for hydroxylation is 2. The van der Waals surface area contributed by atoms with Gasteiger partial charge in [-0.1, -0.05) is 49.4 Å². The Kier molecular flexibility index (Phi) is 6.08. The lowest BCUT2D eigenvalue weighted by Gasteiger charge is -2.13. The van der Waals surface area contributed by atoms with E-state index in [1.165, 1.54) is 0 Å². The molecule has 27 heavy (non-hydrogen) atoms. The molecule has 6 heteroatoms. The zero-order valence-electron chi connectivity index (χ0n) is 15.6. The number of hydrogen-bond acceptors (Lipinski definition) is 3. The third kappa shape index (κ3) is 4.28. The van der Waals surface area contributed by atoms with Crippen LogP contribution >= 0.6 is 0 Å². The second-order valence-corrected chi connectivity index (χ2v) is 6.65. The van der Waals surface area contributed by atoms with Crippen LogP contribution in [0.1, 0.15) is 31.4 Å². The van der Waals surface area contributed by atoms with E-state index in [9.17, 15) is 9.59 Å². The number of fused-ring (bicyclic) bond motifs is 1. The van der Waals surface area contributed by atoms with Crippen LogP contribution in [0.5, 0.6) is 0 Å². The smallest absolute Gasteiger partial charge is 0.329 e. The molecule has 1 aromatic heterocycles. The minimum atomic E-state index is -0.246. The highest BCUT2D eigenvalue weighted by molar-refractivity contribution is 5.78. The summed E-state index contributed by atoms with van der Waals surface area (Å²) in [4.78, 5) is 25.0. The first-order chi connectivity index (χ1) is 13.1. The van der Waals surface area contributed by atoms with Crippen LogP contribution in [0, 0.1) is 0 Å². The molecule has 1 atom stereocenters. The van der Waals surface area contributed by atoms with Crippen LogP contribution in [0.2, 0.25) is 0 Å². The summed E-state index contributed by atoms with van der Waals surface area (Å²) in [7, 11) is 0. The molecule has 2 aromatic carbocycles. The van der Waals surface area contributed by atoms with Crippen LogP contribution in [0.4, 0.5) is 0 Å². The summed E-state index contributed by atoms with van der Waals surface area (Å²) in [6.45, 7) is 3.43. The molecule has 0 radical (unpaired) electrons. The highest BCUT2D eigenvalue weighted by atomic mass is 16.2. The van der Waals surface area contributed by atoms with Gasteiger partial charge in [0.15, 0.2) is 0 Å². The first-order valence-corrected chi connectivity index (χ1v) is 9.37. The molecule has 0 saturated carbocycles. The van der Waals surface area contributed by atoms with Gasteiger partial charge >= 0.3 is 5.69 Å². The quantitative estimate of drug-likeness (QED) is 0.642. The number of amides is 1. The number of carbonyl (C=O) groups excluding carboxylic acids is 1.